The van der Waals surface area contributed by atoms with Gasteiger partial charge in [0.2, 0.25) is 0 Å². The number of aryl methyl sites for hydroxylation is 4. The molecule has 3 nitrogen and oxygen atoms in total. The zero-order valence-corrected chi connectivity index (χ0v) is 44.2. The summed E-state index contributed by atoms with van der Waals surface area (Å²) in [4.78, 5) is 7.61. The van der Waals surface area contributed by atoms with Crippen molar-refractivity contribution in [1.29, 1.82) is 0 Å². The Morgan fingerprint density at radius 1 is 0.373 bits per heavy atom. The van der Waals surface area contributed by atoms with Crippen molar-refractivity contribution in [3.8, 4) is 22.3 Å². The zero-order chi connectivity index (χ0) is 51.0. The molecule has 2 aliphatic heterocycles. The number of fused-ring (bicyclic) bond motifs is 14. The lowest BCUT2D eigenvalue weighted by Crippen LogP contribution is -2.61. The van der Waals surface area contributed by atoms with E-state index in [1.54, 1.807) is 0 Å². The van der Waals surface area contributed by atoms with Crippen LogP contribution in [0.1, 0.15) is 95.2 Å². The largest absolute Gasteiger partial charge is 0.311 e. The van der Waals surface area contributed by atoms with E-state index < -0.39 is 5.41 Å². The normalized spacial score (nSPS) is 15.1. The Bertz CT molecular complexity index is 3930. The van der Waals surface area contributed by atoms with Crippen molar-refractivity contribution in [1.82, 2.24) is 0 Å². The Balaban J connectivity index is 1.03. The third-order valence-corrected chi connectivity index (χ3v) is 17.1. The van der Waals surface area contributed by atoms with Crippen molar-refractivity contribution in [3.05, 3.63) is 262 Å². The zero-order valence-electron chi connectivity index (χ0n) is 44.2. The quantitative estimate of drug-likeness (QED) is 0.147. The Morgan fingerprint density at radius 3 is 1.56 bits per heavy atom. The second-order valence-electron chi connectivity index (χ2n) is 22.4. The molecule has 10 aromatic carbocycles. The first-order valence-corrected chi connectivity index (χ1v) is 27.0. The molecule has 0 aromatic heterocycles. The van der Waals surface area contributed by atoms with Crippen LogP contribution in [0.15, 0.2) is 206 Å². The first-order chi connectivity index (χ1) is 36.5. The van der Waals surface area contributed by atoms with E-state index in [1.807, 2.05) is 0 Å². The summed E-state index contributed by atoms with van der Waals surface area (Å²) >= 11 is 0. The van der Waals surface area contributed by atoms with E-state index in [2.05, 4.69) is 276 Å². The second kappa shape index (κ2) is 16.8. The van der Waals surface area contributed by atoms with Crippen LogP contribution in [0.5, 0.6) is 0 Å². The summed E-state index contributed by atoms with van der Waals surface area (Å²) in [5.41, 5.74) is 32.4. The number of hydrogen-bond acceptors (Lipinski definition) is 3. The van der Waals surface area contributed by atoms with Gasteiger partial charge in [-0.25, -0.2) is 0 Å². The SMILES string of the molecule is Cc1cccc(N2c3cc(C)ccc3B3c4cc5c(cc4N(c4ccccc4C)c4cc(C)cc2c43)C2(c3ccccc3-c3cc(N(c4ccc(C(C)C)cc4)c4ccc(C(C)C)cc4)ccc32)c2ccccc2-5)c1. The van der Waals surface area contributed by atoms with Gasteiger partial charge in [0.15, 0.2) is 0 Å². The number of rotatable bonds is 7. The minimum Gasteiger partial charge on any atom is -0.311 e. The lowest BCUT2D eigenvalue weighted by atomic mass is 9.33. The molecule has 2 heterocycles. The predicted octanol–water partition coefficient (Wildman–Crippen LogP) is 17.1. The highest BCUT2D eigenvalue weighted by atomic mass is 15.2. The van der Waals surface area contributed by atoms with E-state index in [-0.39, 0.29) is 6.71 Å². The number of hydrogen-bond donors (Lipinski definition) is 0. The molecule has 0 saturated heterocycles. The fourth-order valence-corrected chi connectivity index (χ4v) is 13.6. The van der Waals surface area contributed by atoms with E-state index in [0.29, 0.717) is 11.8 Å². The molecular weight excluding hydrogens is 906 g/mol. The summed E-state index contributed by atoms with van der Waals surface area (Å²) in [6.07, 6.45) is 0. The highest BCUT2D eigenvalue weighted by Crippen LogP contribution is 2.64. The minimum atomic E-state index is -0.562. The molecule has 75 heavy (non-hydrogen) atoms. The fraction of sp³-hybridized carbons (Fsp3) is 0.155. The summed E-state index contributed by atoms with van der Waals surface area (Å²) in [7, 11) is 0. The molecule has 14 rings (SSSR count). The van der Waals surface area contributed by atoms with Crippen LogP contribution in [0, 0.1) is 27.7 Å². The van der Waals surface area contributed by atoms with Gasteiger partial charge in [0.25, 0.3) is 6.71 Å². The molecule has 4 aliphatic rings. The van der Waals surface area contributed by atoms with Gasteiger partial charge >= 0.3 is 0 Å². The Kier molecular flexibility index (Phi) is 10.2. The van der Waals surface area contributed by atoms with E-state index >= 15 is 0 Å². The molecule has 0 radical (unpaired) electrons. The average molecular weight is 966 g/mol. The van der Waals surface area contributed by atoms with Crippen molar-refractivity contribution in [2.45, 2.75) is 72.6 Å². The van der Waals surface area contributed by atoms with Crippen LogP contribution in [0.3, 0.4) is 0 Å². The number of benzene rings is 10. The molecule has 0 fully saturated rings. The molecule has 1 unspecified atom stereocenters. The van der Waals surface area contributed by atoms with Gasteiger partial charge in [-0.3, -0.25) is 0 Å². The maximum absolute atomic E-state index is 2.63. The van der Waals surface area contributed by atoms with Crippen molar-refractivity contribution < 1.29 is 0 Å². The van der Waals surface area contributed by atoms with Gasteiger partial charge in [-0.05, 0) is 213 Å². The highest BCUT2D eigenvalue weighted by molar-refractivity contribution is 7.00. The van der Waals surface area contributed by atoms with Gasteiger partial charge < -0.3 is 14.7 Å². The van der Waals surface area contributed by atoms with Crippen LogP contribution in [0.4, 0.5) is 51.2 Å². The maximum Gasteiger partial charge on any atom is 0.252 e. The molecule has 0 N–H and O–H groups in total. The minimum absolute atomic E-state index is 0.00237. The van der Waals surface area contributed by atoms with E-state index in [1.165, 1.54) is 128 Å². The molecule has 1 spiro atoms. The highest BCUT2D eigenvalue weighted by Gasteiger charge is 2.54. The monoisotopic (exact) mass is 965 g/mol. The molecule has 10 aromatic rings. The fourth-order valence-electron chi connectivity index (χ4n) is 13.6. The maximum atomic E-state index is 2.63. The average Bonchev–Trinajstić information content (AvgIpc) is 3.95. The Morgan fingerprint density at radius 2 is 0.920 bits per heavy atom. The first-order valence-electron chi connectivity index (χ1n) is 27.0. The molecule has 2 aliphatic carbocycles. The molecular formula is C71H60BN3. The lowest BCUT2D eigenvalue weighted by Gasteiger charge is -2.45. The number of anilines is 9. The molecule has 0 amide bonds. The van der Waals surface area contributed by atoms with Crippen LogP contribution < -0.4 is 31.1 Å². The summed E-state index contributed by atoms with van der Waals surface area (Å²) in [6.45, 7) is 18.1. The second-order valence-corrected chi connectivity index (χ2v) is 22.4. The molecule has 0 saturated carbocycles. The third kappa shape index (κ3) is 6.61. The van der Waals surface area contributed by atoms with Gasteiger partial charge in [0.05, 0.1) is 5.41 Å². The smallest absolute Gasteiger partial charge is 0.252 e. The topological polar surface area (TPSA) is 9.72 Å². The van der Waals surface area contributed by atoms with Crippen LogP contribution in [0.25, 0.3) is 22.3 Å². The number of nitrogens with zero attached hydrogens (tertiary/aromatic N) is 3. The first kappa shape index (κ1) is 45.3. The molecule has 1 atom stereocenters. The van der Waals surface area contributed by atoms with E-state index in [4.69, 9.17) is 0 Å². The van der Waals surface area contributed by atoms with Gasteiger partial charge in [-0.1, -0.05) is 155 Å². The molecule has 0 bridgehead atoms. The van der Waals surface area contributed by atoms with E-state index in [0.717, 1.165) is 17.1 Å². The third-order valence-electron chi connectivity index (χ3n) is 17.1. The molecule has 4 heteroatoms. The van der Waals surface area contributed by atoms with Crippen molar-refractivity contribution in [3.63, 3.8) is 0 Å². The Hall–Kier alpha value is -8.34. The molecule has 362 valence electrons. The summed E-state index contributed by atoms with van der Waals surface area (Å²) in [6, 6.07) is 79.6. The number of para-hydroxylation sites is 1. The lowest BCUT2D eigenvalue weighted by molar-refractivity contribution is 0.794. The van der Waals surface area contributed by atoms with Crippen LogP contribution in [0.2, 0.25) is 0 Å². The van der Waals surface area contributed by atoms with Crippen molar-refractivity contribution in [2.24, 2.45) is 0 Å². The van der Waals surface area contributed by atoms with Gasteiger partial charge in [0, 0.05) is 51.2 Å². The van der Waals surface area contributed by atoms with Gasteiger partial charge in [0.1, 0.15) is 0 Å². The Labute approximate surface area is 443 Å². The van der Waals surface area contributed by atoms with Crippen LogP contribution >= 0.6 is 0 Å². The van der Waals surface area contributed by atoms with Gasteiger partial charge in [-0.2, -0.15) is 0 Å². The van der Waals surface area contributed by atoms with E-state index in [9.17, 15) is 0 Å². The van der Waals surface area contributed by atoms with Crippen molar-refractivity contribution >= 4 is 74.3 Å². The van der Waals surface area contributed by atoms with Crippen LogP contribution in [-0.2, 0) is 5.41 Å². The summed E-state index contributed by atoms with van der Waals surface area (Å²) in [5, 5.41) is 0. The van der Waals surface area contributed by atoms with Gasteiger partial charge in [-0.15, -0.1) is 0 Å². The summed E-state index contributed by atoms with van der Waals surface area (Å²) in [5.74, 6) is 0.899. The standard InChI is InChI=1S/C71H60BN3/c1-43(2)49-25-29-51(30-26-49)73(52-31-27-50(28-32-52)44(3)4)54-33-34-61-57(40-54)55-19-10-12-21-59(55)71(61)60-22-13-11-20-56(60)58-41-64-67(42-62(58)71)75(65-23-14-9-17-48(65)8)69-39-47(7)38-68-70(69)72(64)63-35-24-46(6)37-66(63)74(68)53-18-15-16-45(5)36-53/h9-44H,1-8H3. The van der Waals surface area contributed by atoms with Crippen LogP contribution in [-0.4, -0.2) is 6.71 Å². The summed E-state index contributed by atoms with van der Waals surface area (Å²) < 4.78 is 0. The predicted molar refractivity (Wildman–Crippen MR) is 319 cm³/mol. The van der Waals surface area contributed by atoms with Crippen molar-refractivity contribution in [2.75, 3.05) is 14.7 Å².